The van der Waals surface area contributed by atoms with Gasteiger partial charge in [-0.3, -0.25) is 29.2 Å². The molecule has 2 amide bonds. The van der Waals surface area contributed by atoms with E-state index in [1.54, 1.807) is 26.0 Å². The zero-order valence-corrected chi connectivity index (χ0v) is 65.1. The van der Waals surface area contributed by atoms with Crippen LogP contribution in [0.15, 0.2) is 97.1 Å². The first-order valence-electron chi connectivity index (χ1n) is 39.1. The number of hydrogen-bond acceptors (Lipinski definition) is 16. The quantitative estimate of drug-likeness (QED) is 0.174. The Balaban J connectivity index is 0.000000167. The highest BCUT2D eigenvalue weighted by molar-refractivity contribution is 7.91. The number of piperazine rings is 2. The van der Waals surface area contributed by atoms with E-state index in [4.69, 9.17) is 42.1 Å². The van der Waals surface area contributed by atoms with Gasteiger partial charge in [-0.1, -0.05) is 73.5 Å². The molecule has 2 N–H and O–H groups in total. The van der Waals surface area contributed by atoms with E-state index in [2.05, 4.69) is 87.4 Å². The first kappa shape index (κ1) is 74.2. The maximum Gasteiger partial charge on any atom is 0.264 e. The number of sulfonamides is 2. The zero-order chi connectivity index (χ0) is 72.5. The summed E-state index contributed by atoms with van der Waals surface area (Å²) in [5, 5.41) is -0.0244. The van der Waals surface area contributed by atoms with Gasteiger partial charge in [0.2, 0.25) is 20.0 Å². The van der Waals surface area contributed by atoms with Crippen molar-refractivity contribution >= 4 is 66.4 Å². The van der Waals surface area contributed by atoms with E-state index in [-0.39, 0.29) is 34.5 Å². The fourth-order valence-corrected chi connectivity index (χ4v) is 23.7. The number of carbonyl (C=O) groups excluding carboxylic acids is 2. The number of allylic oxidation sites excluding steroid dienone is 2. The van der Waals surface area contributed by atoms with Gasteiger partial charge in [0.1, 0.15) is 22.7 Å². The molecule has 6 fully saturated rings. The van der Waals surface area contributed by atoms with Crippen molar-refractivity contribution in [3.8, 4) is 11.5 Å². The Morgan fingerprint density at radius 2 is 0.952 bits per heavy atom. The number of fused-ring (bicyclic) bond motifs is 10. The number of nitrogens with one attached hydrogen (secondary N) is 2. The van der Waals surface area contributed by atoms with Crippen molar-refractivity contribution in [2.24, 2.45) is 35.5 Å². The summed E-state index contributed by atoms with van der Waals surface area (Å²) in [4.78, 5) is 42.8. The number of rotatable bonds is 6. The molecule has 2 spiro atoms. The molecule has 18 nitrogen and oxygen atoms in total. The smallest absolute Gasteiger partial charge is 0.264 e. The SMILES string of the molecule is CO[C@@]1(CN2CCN3CCC[C@@H]3C2)/C=C/C[C@H](C)[C@@H](C)S(=O)(=O)NC(=O)c2ccc3c(c2)N(C[C@@H]2CC[C@H]21)C[C@@]1(CCCc2cc(Cl)ccc21)CO3.CO[C@@]1(CN2CCN3CCC[C@H]3C2)/C=C/C[C@H](C)[C@@H](C)S(=O)(=O)NC(=O)c2ccc3c(c2)N(C[C@@H]2CC[C@H]21)C[C@@]1(CCCc2cc(Cl)ccc21)CO3. The molecule has 4 saturated heterocycles. The number of aryl methyl sites for hydroxylation is 2. The van der Waals surface area contributed by atoms with Gasteiger partial charge in [-0.25, -0.2) is 26.3 Å². The van der Waals surface area contributed by atoms with Crippen molar-refractivity contribution in [3.63, 3.8) is 0 Å². The van der Waals surface area contributed by atoms with E-state index in [1.165, 1.54) is 61.0 Å². The molecule has 16 rings (SSSR count). The number of benzene rings is 4. The van der Waals surface area contributed by atoms with Crippen LogP contribution in [-0.4, -0.2) is 201 Å². The summed E-state index contributed by atoms with van der Waals surface area (Å²) < 4.78 is 86.1. The summed E-state index contributed by atoms with van der Waals surface area (Å²) in [5.74, 6) is 1.11. The molecule has 8 heterocycles. The van der Waals surface area contributed by atoms with Gasteiger partial charge >= 0.3 is 0 Å². The summed E-state index contributed by atoms with van der Waals surface area (Å²) in [7, 11) is -4.14. The normalized spacial score (nSPS) is 35.7. The van der Waals surface area contributed by atoms with Crippen molar-refractivity contribution in [1.82, 2.24) is 29.0 Å². The van der Waals surface area contributed by atoms with E-state index in [0.717, 1.165) is 176 Å². The molecule has 22 heteroatoms. The van der Waals surface area contributed by atoms with Gasteiger partial charge in [0.25, 0.3) is 11.8 Å². The summed E-state index contributed by atoms with van der Waals surface area (Å²) in [5.41, 5.74) is 5.95. The van der Waals surface area contributed by atoms with Gasteiger partial charge in [-0.2, -0.15) is 0 Å². The maximum absolute atomic E-state index is 13.6. The fraction of sp³-hybridized carbons (Fsp3) is 0.634. The number of ether oxygens (including phenoxy) is 4. The van der Waals surface area contributed by atoms with Gasteiger partial charge in [0.05, 0.1) is 35.1 Å². The van der Waals surface area contributed by atoms with Crippen molar-refractivity contribution < 1.29 is 45.4 Å². The minimum absolute atomic E-state index is 0.205. The number of halogens is 2. The third kappa shape index (κ3) is 14.6. The highest BCUT2D eigenvalue weighted by Crippen LogP contribution is 2.53. The third-order valence-corrected chi connectivity index (χ3v) is 31.8. The molecular formula is C82H110Cl2N8O10S2. The zero-order valence-electron chi connectivity index (χ0n) is 62.0. The van der Waals surface area contributed by atoms with E-state index in [0.29, 0.717) is 61.1 Å². The first-order chi connectivity index (χ1) is 50.0. The summed E-state index contributed by atoms with van der Waals surface area (Å²) in [6.45, 7) is 21.8. The minimum atomic E-state index is -3.94. The van der Waals surface area contributed by atoms with Gasteiger partial charge in [0.15, 0.2) is 0 Å². The minimum Gasteiger partial charge on any atom is -0.490 e. The van der Waals surface area contributed by atoms with E-state index in [1.807, 2.05) is 64.5 Å². The lowest BCUT2D eigenvalue weighted by molar-refractivity contribution is -0.0975. The highest BCUT2D eigenvalue weighted by atomic mass is 35.5. The van der Waals surface area contributed by atoms with Crippen LogP contribution in [0.4, 0.5) is 11.4 Å². The van der Waals surface area contributed by atoms with Crippen molar-refractivity contribution in [3.05, 3.63) is 141 Å². The van der Waals surface area contributed by atoms with Crippen LogP contribution in [0.1, 0.15) is 161 Å². The lowest BCUT2D eigenvalue weighted by Crippen LogP contribution is -2.60. The number of anilines is 2. The first-order valence-corrected chi connectivity index (χ1v) is 42.9. The van der Waals surface area contributed by atoms with Crippen molar-refractivity contribution in [2.75, 3.05) is 129 Å². The molecule has 2 saturated carbocycles. The Hall–Kier alpha value is -5.26. The molecule has 4 bridgehead atoms. The Kier molecular flexibility index (Phi) is 21.4. The van der Waals surface area contributed by atoms with Crippen LogP contribution in [-0.2, 0) is 53.2 Å². The molecule has 564 valence electrons. The lowest BCUT2D eigenvalue weighted by Gasteiger charge is -2.52. The van der Waals surface area contributed by atoms with Crippen LogP contribution in [0.5, 0.6) is 11.5 Å². The fourth-order valence-electron chi connectivity index (χ4n) is 20.7. The molecule has 8 aliphatic heterocycles. The van der Waals surface area contributed by atoms with E-state index in [9.17, 15) is 26.4 Å². The van der Waals surface area contributed by atoms with Crippen molar-refractivity contribution in [1.29, 1.82) is 0 Å². The van der Waals surface area contributed by atoms with Gasteiger partial charge in [-0.05, 0) is 248 Å². The van der Waals surface area contributed by atoms with Crippen LogP contribution in [0.25, 0.3) is 0 Å². The van der Waals surface area contributed by atoms with Gasteiger partial charge in [0, 0.05) is 137 Å². The molecular weight excluding hydrogens is 1390 g/mol. The molecule has 4 aromatic carbocycles. The molecule has 0 unspecified atom stereocenters. The Morgan fingerprint density at radius 1 is 0.519 bits per heavy atom. The highest BCUT2D eigenvalue weighted by Gasteiger charge is 2.53. The number of methoxy groups -OCH3 is 2. The third-order valence-electron chi connectivity index (χ3n) is 27.5. The van der Waals surface area contributed by atoms with Crippen molar-refractivity contribution in [2.45, 2.75) is 175 Å². The summed E-state index contributed by atoms with van der Waals surface area (Å²) >= 11 is 13.0. The molecule has 14 atom stereocenters. The average Bonchev–Trinajstić information content (AvgIpc) is 1.41. The molecule has 12 aliphatic rings. The average molecular weight is 1500 g/mol. The number of carbonyl (C=O) groups is 2. The molecule has 4 aliphatic carbocycles. The Bertz CT molecular complexity index is 3900. The maximum atomic E-state index is 13.6. The van der Waals surface area contributed by atoms with Gasteiger partial charge in [-0.15, -0.1) is 0 Å². The van der Waals surface area contributed by atoms with E-state index >= 15 is 0 Å². The predicted molar refractivity (Wildman–Crippen MR) is 412 cm³/mol. The van der Waals surface area contributed by atoms with Crippen LogP contribution in [0.2, 0.25) is 10.0 Å². The topological polar surface area (TPSA) is 183 Å². The lowest BCUT2D eigenvalue weighted by atomic mass is 9.63. The Morgan fingerprint density at radius 3 is 1.36 bits per heavy atom. The molecule has 0 radical (unpaired) electrons. The molecule has 4 aromatic rings. The number of nitrogens with zero attached hydrogens (tertiary/aromatic N) is 6. The van der Waals surface area contributed by atoms with E-state index < -0.39 is 53.6 Å². The van der Waals surface area contributed by atoms with Crippen LogP contribution in [0, 0.1) is 35.5 Å². The monoisotopic (exact) mass is 1500 g/mol. The Labute approximate surface area is 628 Å². The van der Waals surface area contributed by atoms with Crippen LogP contribution < -0.4 is 28.7 Å². The molecule has 0 aromatic heterocycles. The van der Waals surface area contributed by atoms with Crippen LogP contribution >= 0.6 is 23.2 Å². The number of hydrogen-bond donors (Lipinski definition) is 2. The second kappa shape index (κ2) is 30.0. The second-order valence-corrected chi connectivity index (χ2v) is 38.5. The standard InChI is InChI=1S/2C41H55ClN4O5S/c2*1-28-7-4-17-41(50-3,26-44-19-20-45-18-6-9-34(45)24-44)36-13-10-32(36)23-46-25-40(16-5-8-30-21-33(42)12-14-35(30)40)27-51-38-15-11-31(22-37(38)46)39(47)43-52(48,49)29(28)2/h2*4,11-12,14-15,17,21-22,28-29,32,34,36H,5-10,13,16,18-20,23-27H2,1-3H3,(H,43,47)/b2*17-4+/t28-,29+,32-,34+,36+,40-,41+;28-,29+,32-,34-,36+,40-,41+/m00/s1. The second-order valence-electron chi connectivity index (χ2n) is 33.5. The summed E-state index contributed by atoms with van der Waals surface area (Å²) in [6, 6.07) is 24.6. The largest absolute Gasteiger partial charge is 0.490 e. The predicted octanol–water partition coefficient (Wildman–Crippen LogP) is 12.1. The number of amides is 2. The van der Waals surface area contributed by atoms with Gasteiger partial charge < -0.3 is 28.7 Å². The molecule has 104 heavy (non-hydrogen) atoms. The summed E-state index contributed by atoms with van der Waals surface area (Å²) in [6.07, 6.45) is 25.5. The van der Waals surface area contributed by atoms with Crippen LogP contribution in [0.3, 0.4) is 0 Å².